The quantitative estimate of drug-likeness (QED) is 0.702. The van der Waals surface area contributed by atoms with Crippen molar-refractivity contribution < 1.29 is 0 Å². The molecule has 0 spiro atoms. The summed E-state index contributed by atoms with van der Waals surface area (Å²) in [5.41, 5.74) is 0.294. The number of nitriles is 1. The van der Waals surface area contributed by atoms with E-state index in [9.17, 15) is 5.26 Å². The Morgan fingerprint density at radius 3 is 2.67 bits per heavy atom. The summed E-state index contributed by atoms with van der Waals surface area (Å²) in [6, 6.07) is 9.87. The second kappa shape index (κ2) is 3.92. The second-order valence-electron chi connectivity index (χ2n) is 3.55. The summed E-state index contributed by atoms with van der Waals surface area (Å²) in [5, 5.41) is 9.98. The van der Waals surface area contributed by atoms with E-state index in [-0.39, 0.29) is 0 Å². The van der Waals surface area contributed by atoms with Crippen LogP contribution in [0, 0.1) is 11.3 Å². The smallest absolute Gasteiger partial charge is 0.105 e. The largest absolute Gasteiger partial charge is 0.197 e. The summed E-state index contributed by atoms with van der Waals surface area (Å²) >= 11 is 6.12. The van der Waals surface area contributed by atoms with E-state index in [1.807, 2.05) is 48.6 Å². The van der Waals surface area contributed by atoms with Crippen molar-refractivity contribution in [1.82, 2.24) is 0 Å². The Labute approximate surface area is 94.3 Å². The zero-order chi connectivity index (χ0) is 10.7. The van der Waals surface area contributed by atoms with Gasteiger partial charge in [-0.1, -0.05) is 54.1 Å². The molecular formula is C13H10ClN. The van der Waals surface area contributed by atoms with E-state index in [0.717, 1.165) is 5.56 Å². The van der Waals surface area contributed by atoms with Gasteiger partial charge in [-0.05, 0) is 18.1 Å². The van der Waals surface area contributed by atoms with Gasteiger partial charge in [-0.3, -0.25) is 0 Å². The number of rotatable bonds is 1. The first-order valence-electron chi connectivity index (χ1n) is 4.79. The van der Waals surface area contributed by atoms with E-state index < -0.39 is 5.41 Å². The number of allylic oxidation sites excluding steroid dienone is 4. The van der Waals surface area contributed by atoms with Crippen LogP contribution in [-0.2, 0) is 5.41 Å². The SMILES string of the molecule is N#CC1(c2ccccc2Cl)C=CC=CC1. The maximum atomic E-state index is 9.33. The van der Waals surface area contributed by atoms with Gasteiger partial charge in [0.15, 0.2) is 0 Å². The van der Waals surface area contributed by atoms with Gasteiger partial charge in [0.1, 0.15) is 5.41 Å². The summed E-state index contributed by atoms with van der Waals surface area (Å²) in [6.07, 6.45) is 8.44. The molecule has 0 aliphatic heterocycles. The van der Waals surface area contributed by atoms with Crippen LogP contribution in [0.25, 0.3) is 0 Å². The Morgan fingerprint density at radius 2 is 2.07 bits per heavy atom. The van der Waals surface area contributed by atoms with Crippen molar-refractivity contribution in [2.24, 2.45) is 0 Å². The predicted molar refractivity (Wildman–Crippen MR) is 61.6 cm³/mol. The molecule has 1 atom stereocenters. The Morgan fingerprint density at radius 1 is 1.27 bits per heavy atom. The molecule has 0 saturated heterocycles. The molecule has 1 unspecified atom stereocenters. The lowest BCUT2D eigenvalue weighted by molar-refractivity contribution is 0.691. The van der Waals surface area contributed by atoms with Crippen LogP contribution in [0.4, 0.5) is 0 Å². The molecule has 2 heteroatoms. The lowest BCUT2D eigenvalue weighted by Crippen LogP contribution is -2.22. The molecular weight excluding hydrogens is 206 g/mol. The van der Waals surface area contributed by atoms with E-state index >= 15 is 0 Å². The molecule has 1 aromatic rings. The van der Waals surface area contributed by atoms with Crippen LogP contribution >= 0.6 is 11.6 Å². The number of hydrogen-bond acceptors (Lipinski definition) is 1. The monoisotopic (exact) mass is 215 g/mol. The fourth-order valence-corrected chi connectivity index (χ4v) is 2.09. The van der Waals surface area contributed by atoms with Gasteiger partial charge in [0, 0.05) is 5.02 Å². The Hall–Kier alpha value is -1.52. The molecule has 0 amide bonds. The van der Waals surface area contributed by atoms with Gasteiger partial charge < -0.3 is 0 Å². The van der Waals surface area contributed by atoms with E-state index in [2.05, 4.69) is 6.07 Å². The standard InChI is InChI=1S/C13H10ClN/c14-12-7-3-2-6-11(12)13(10-15)8-4-1-5-9-13/h1-8H,9H2. The van der Waals surface area contributed by atoms with Gasteiger partial charge in [0.25, 0.3) is 0 Å². The molecule has 1 aliphatic carbocycles. The zero-order valence-corrected chi connectivity index (χ0v) is 8.91. The van der Waals surface area contributed by atoms with Crippen molar-refractivity contribution in [2.75, 3.05) is 0 Å². The number of hydrogen-bond donors (Lipinski definition) is 0. The number of nitrogens with zero attached hydrogens (tertiary/aromatic N) is 1. The highest BCUT2D eigenvalue weighted by atomic mass is 35.5. The summed E-state index contributed by atoms with van der Waals surface area (Å²) in [4.78, 5) is 0. The van der Waals surface area contributed by atoms with Crippen LogP contribution < -0.4 is 0 Å². The van der Waals surface area contributed by atoms with Gasteiger partial charge in [-0.25, -0.2) is 0 Å². The van der Waals surface area contributed by atoms with Crippen LogP contribution in [0.15, 0.2) is 48.6 Å². The van der Waals surface area contributed by atoms with Gasteiger partial charge in [-0.15, -0.1) is 0 Å². The third kappa shape index (κ3) is 1.69. The Balaban J connectivity index is 2.54. The van der Waals surface area contributed by atoms with Crippen molar-refractivity contribution in [3.8, 4) is 6.07 Å². The summed E-state index contributed by atoms with van der Waals surface area (Å²) < 4.78 is 0. The van der Waals surface area contributed by atoms with Crippen LogP contribution in [0.5, 0.6) is 0 Å². The van der Waals surface area contributed by atoms with Gasteiger partial charge >= 0.3 is 0 Å². The molecule has 74 valence electrons. The number of halogens is 1. The van der Waals surface area contributed by atoms with Crippen LogP contribution in [0.2, 0.25) is 5.02 Å². The first-order valence-corrected chi connectivity index (χ1v) is 5.17. The van der Waals surface area contributed by atoms with Crippen LogP contribution in [0.3, 0.4) is 0 Å². The zero-order valence-electron chi connectivity index (χ0n) is 8.15. The van der Waals surface area contributed by atoms with Gasteiger partial charge in [-0.2, -0.15) is 5.26 Å². The summed E-state index contributed by atoms with van der Waals surface area (Å²) in [7, 11) is 0. The molecule has 0 bridgehead atoms. The normalized spacial score (nSPS) is 23.7. The first-order chi connectivity index (χ1) is 7.28. The van der Waals surface area contributed by atoms with E-state index in [0.29, 0.717) is 11.4 Å². The lowest BCUT2D eigenvalue weighted by atomic mass is 9.77. The molecule has 0 fully saturated rings. The average molecular weight is 216 g/mol. The fraction of sp³-hybridized carbons (Fsp3) is 0.154. The molecule has 0 aromatic heterocycles. The third-order valence-electron chi connectivity index (χ3n) is 2.62. The maximum Gasteiger partial charge on any atom is 0.105 e. The van der Waals surface area contributed by atoms with Crippen molar-refractivity contribution in [1.29, 1.82) is 5.26 Å². The molecule has 0 heterocycles. The lowest BCUT2D eigenvalue weighted by Gasteiger charge is -2.24. The summed E-state index contributed by atoms with van der Waals surface area (Å²) in [6.45, 7) is 0. The van der Waals surface area contributed by atoms with Gasteiger partial charge in [0.2, 0.25) is 0 Å². The van der Waals surface area contributed by atoms with Crippen molar-refractivity contribution in [2.45, 2.75) is 11.8 Å². The highest BCUT2D eigenvalue weighted by Gasteiger charge is 2.30. The highest BCUT2D eigenvalue weighted by Crippen LogP contribution is 2.36. The minimum Gasteiger partial charge on any atom is -0.197 e. The molecule has 2 rings (SSSR count). The van der Waals surface area contributed by atoms with Crippen molar-refractivity contribution >= 4 is 11.6 Å². The molecule has 0 N–H and O–H groups in total. The Kier molecular flexibility index (Phi) is 2.62. The van der Waals surface area contributed by atoms with Crippen molar-refractivity contribution in [3.63, 3.8) is 0 Å². The van der Waals surface area contributed by atoms with E-state index in [1.165, 1.54) is 0 Å². The summed E-state index contributed by atoms with van der Waals surface area (Å²) in [5.74, 6) is 0. The molecule has 15 heavy (non-hydrogen) atoms. The van der Waals surface area contributed by atoms with E-state index in [1.54, 1.807) is 0 Å². The minimum atomic E-state index is -0.590. The van der Waals surface area contributed by atoms with Gasteiger partial charge in [0.05, 0.1) is 6.07 Å². The fourth-order valence-electron chi connectivity index (χ4n) is 1.79. The second-order valence-corrected chi connectivity index (χ2v) is 3.96. The number of benzene rings is 1. The first kappa shape index (κ1) is 10.0. The van der Waals surface area contributed by atoms with E-state index in [4.69, 9.17) is 11.6 Å². The topological polar surface area (TPSA) is 23.8 Å². The molecule has 0 saturated carbocycles. The molecule has 0 radical (unpaired) electrons. The highest BCUT2D eigenvalue weighted by molar-refractivity contribution is 6.31. The minimum absolute atomic E-state index is 0.590. The molecule has 1 aliphatic rings. The predicted octanol–water partition coefficient (Wildman–Crippen LogP) is 3.62. The van der Waals surface area contributed by atoms with Crippen LogP contribution in [0.1, 0.15) is 12.0 Å². The Bertz CT molecular complexity index is 468. The maximum absolute atomic E-state index is 9.33. The van der Waals surface area contributed by atoms with Crippen LogP contribution in [-0.4, -0.2) is 0 Å². The molecule has 1 aromatic carbocycles. The third-order valence-corrected chi connectivity index (χ3v) is 2.95. The average Bonchev–Trinajstić information content (AvgIpc) is 2.30. The molecule has 1 nitrogen and oxygen atoms in total. The van der Waals surface area contributed by atoms with Crippen molar-refractivity contribution in [3.05, 3.63) is 59.2 Å².